The van der Waals surface area contributed by atoms with E-state index in [9.17, 15) is 13.2 Å². The van der Waals surface area contributed by atoms with E-state index < -0.39 is 11.9 Å². The molecule has 0 amide bonds. The second-order valence-electron chi connectivity index (χ2n) is 3.50. The van der Waals surface area contributed by atoms with Crippen LogP contribution in [-0.2, 0) is 12.7 Å². The summed E-state index contributed by atoms with van der Waals surface area (Å²) in [7, 11) is 0. The van der Waals surface area contributed by atoms with Crippen LogP contribution in [0.5, 0.6) is 0 Å². The van der Waals surface area contributed by atoms with Gasteiger partial charge in [-0.2, -0.15) is 13.2 Å². The Bertz CT molecular complexity index is 494. The van der Waals surface area contributed by atoms with Crippen molar-refractivity contribution in [1.82, 2.24) is 20.0 Å². The highest BCUT2D eigenvalue weighted by Gasteiger charge is 2.32. The molecule has 0 fully saturated rings. The van der Waals surface area contributed by atoms with E-state index in [1.54, 1.807) is 10.9 Å². The third kappa shape index (κ3) is 3.19. The molecule has 0 unspecified atom stereocenters. The fraction of sp³-hybridized carbons (Fsp3) is 0.300. The van der Waals surface area contributed by atoms with Gasteiger partial charge in [0.15, 0.2) is 0 Å². The summed E-state index contributed by atoms with van der Waals surface area (Å²) in [4.78, 5) is 3.48. The van der Waals surface area contributed by atoms with E-state index in [0.29, 0.717) is 13.1 Å². The maximum Gasteiger partial charge on any atom is 0.433 e. The molecule has 0 aromatic carbocycles. The van der Waals surface area contributed by atoms with Crippen molar-refractivity contribution in [2.45, 2.75) is 12.7 Å². The van der Waals surface area contributed by atoms with Crippen molar-refractivity contribution in [3.63, 3.8) is 0 Å². The lowest BCUT2D eigenvalue weighted by atomic mass is 10.3. The third-order valence-electron chi connectivity index (χ3n) is 2.16. The monoisotopic (exact) mass is 257 g/mol. The topological polar surface area (TPSA) is 55.6 Å². The van der Waals surface area contributed by atoms with Gasteiger partial charge in [0.2, 0.25) is 0 Å². The first-order valence-electron chi connectivity index (χ1n) is 5.18. The number of pyridine rings is 1. The number of halogens is 3. The third-order valence-corrected chi connectivity index (χ3v) is 2.16. The Balaban J connectivity index is 1.93. The number of aromatic nitrogens is 4. The molecule has 8 heteroatoms. The lowest BCUT2D eigenvalue weighted by Gasteiger charge is -2.09. The predicted octanol–water partition coefficient (Wildman–Crippen LogP) is 1.80. The molecule has 0 aliphatic rings. The van der Waals surface area contributed by atoms with Gasteiger partial charge in [0.05, 0.1) is 12.7 Å². The van der Waals surface area contributed by atoms with Gasteiger partial charge < -0.3 is 5.32 Å². The van der Waals surface area contributed by atoms with Gasteiger partial charge in [-0.25, -0.2) is 4.98 Å². The number of rotatable bonds is 4. The number of anilines is 1. The van der Waals surface area contributed by atoms with Gasteiger partial charge >= 0.3 is 6.18 Å². The highest BCUT2D eigenvalue weighted by molar-refractivity contribution is 5.35. The second kappa shape index (κ2) is 5.03. The molecule has 2 rings (SSSR count). The van der Waals surface area contributed by atoms with Crippen LogP contribution in [0.1, 0.15) is 5.69 Å². The van der Waals surface area contributed by atoms with Crippen LogP contribution in [-0.4, -0.2) is 26.5 Å². The van der Waals surface area contributed by atoms with Gasteiger partial charge in [-0.05, 0) is 12.1 Å². The van der Waals surface area contributed by atoms with Gasteiger partial charge in [-0.3, -0.25) is 4.68 Å². The highest BCUT2D eigenvalue weighted by atomic mass is 19.4. The summed E-state index contributed by atoms with van der Waals surface area (Å²) in [6, 6.07) is 3.73. The van der Waals surface area contributed by atoms with Gasteiger partial charge in [0, 0.05) is 12.7 Å². The van der Waals surface area contributed by atoms with E-state index in [-0.39, 0.29) is 5.82 Å². The molecule has 0 atom stereocenters. The summed E-state index contributed by atoms with van der Waals surface area (Å²) >= 11 is 0. The van der Waals surface area contributed by atoms with E-state index in [1.165, 1.54) is 18.3 Å². The van der Waals surface area contributed by atoms with Gasteiger partial charge in [0.25, 0.3) is 0 Å². The standard InChI is InChI=1S/C10H10F3N5/c11-10(12,13)8-2-1-3-9(16-8)14-4-6-18-7-5-15-17-18/h1-3,5,7H,4,6H2,(H,14,16). The highest BCUT2D eigenvalue weighted by Crippen LogP contribution is 2.27. The Hall–Kier alpha value is -2.12. The smallest absolute Gasteiger partial charge is 0.368 e. The zero-order valence-corrected chi connectivity index (χ0v) is 9.22. The zero-order valence-electron chi connectivity index (χ0n) is 9.22. The first-order valence-corrected chi connectivity index (χ1v) is 5.18. The maximum absolute atomic E-state index is 12.4. The number of alkyl halides is 3. The van der Waals surface area contributed by atoms with Crippen LogP contribution in [0.25, 0.3) is 0 Å². The molecule has 96 valence electrons. The largest absolute Gasteiger partial charge is 0.433 e. The molecule has 0 saturated heterocycles. The van der Waals surface area contributed by atoms with Gasteiger partial charge in [0.1, 0.15) is 11.5 Å². The van der Waals surface area contributed by atoms with Gasteiger partial charge in [-0.15, -0.1) is 5.10 Å². The molecule has 5 nitrogen and oxygen atoms in total. The van der Waals surface area contributed by atoms with Crippen LogP contribution < -0.4 is 5.32 Å². The zero-order chi connectivity index (χ0) is 13.0. The van der Waals surface area contributed by atoms with E-state index >= 15 is 0 Å². The molecule has 0 radical (unpaired) electrons. The number of hydrogen-bond donors (Lipinski definition) is 1. The Morgan fingerprint density at radius 2 is 2.11 bits per heavy atom. The predicted molar refractivity (Wildman–Crippen MR) is 57.8 cm³/mol. The van der Waals surface area contributed by atoms with Crippen molar-refractivity contribution in [2.75, 3.05) is 11.9 Å². The maximum atomic E-state index is 12.4. The quantitative estimate of drug-likeness (QED) is 0.907. The van der Waals surface area contributed by atoms with Crippen LogP contribution in [0.15, 0.2) is 30.6 Å². The van der Waals surface area contributed by atoms with E-state index in [1.807, 2.05) is 0 Å². The molecular weight excluding hydrogens is 247 g/mol. The Kier molecular flexibility index (Phi) is 3.45. The van der Waals surface area contributed by atoms with Crippen LogP contribution in [0.3, 0.4) is 0 Å². The first-order chi connectivity index (χ1) is 8.55. The molecule has 2 aromatic rings. The van der Waals surface area contributed by atoms with E-state index in [2.05, 4.69) is 20.6 Å². The van der Waals surface area contributed by atoms with Crippen molar-refractivity contribution in [3.8, 4) is 0 Å². The van der Waals surface area contributed by atoms with Crippen molar-refractivity contribution >= 4 is 5.82 Å². The van der Waals surface area contributed by atoms with Crippen molar-refractivity contribution in [1.29, 1.82) is 0 Å². The van der Waals surface area contributed by atoms with E-state index in [4.69, 9.17) is 0 Å². The molecule has 2 aromatic heterocycles. The molecule has 0 aliphatic heterocycles. The van der Waals surface area contributed by atoms with Crippen molar-refractivity contribution < 1.29 is 13.2 Å². The summed E-state index contributed by atoms with van der Waals surface area (Å²) in [5.74, 6) is 0.185. The summed E-state index contributed by atoms with van der Waals surface area (Å²) in [5.41, 5.74) is -0.909. The molecular formula is C10H10F3N5. The summed E-state index contributed by atoms with van der Waals surface area (Å²) < 4.78 is 38.8. The number of nitrogens with one attached hydrogen (secondary N) is 1. The Morgan fingerprint density at radius 1 is 1.28 bits per heavy atom. The lowest BCUT2D eigenvalue weighted by Crippen LogP contribution is -2.14. The summed E-state index contributed by atoms with van der Waals surface area (Å²) in [6.07, 6.45) is -1.23. The molecule has 0 spiro atoms. The minimum Gasteiger partial charge on any atom is -0.368 e. The molecule has 0 aliphatic carbocycles. The number of hydrogen-bond acceptors (Lipinski definition) is 4. The van der Waals surface area contributed by atoms with Gasteiger partial charge in [-0.1, -0.05) is 11.3 Å². The Morgan fingerprint density at radius 3 is 2.78 bits per heavy atom. The summed E-state index contributed by atoms with van der Waals surface area (Å²) in [6.45, 7) is 0.912. The average molecular weight is 257 g/mol. The van der Waals surface area contributed by atoms with Crippen LogP contribution in [0.2, 0.25) is 0 Å². The number of nitrogens with zero attached hydrogens (tertiary/aromatic N) is 4. The van der Waals surface area contributed by atoms with Crippen LogP contribution >= 0.6 is 0 Å². The first kappa shape index (κ1) is 12.3. The fourth-order valence-corrected chi connectivity index (χ4v) is 1.34. The molecule has 1 N–H and O–H groups in total. The fourth-order valence-electron chi connectivity index (χ4n) is 1.34. The Labute approximate surface area is 101 Å². The molecule has 18 heavy (non-hydrogen) atoms. The molecule has 0 saturated carbocycles. The van der Waals surface area contributed by atoms with Crippen LogP contribution in [0.4, 0.5) is 19.0 Å². The minimum absolute atomic E-state index is 0.185. The van der Waals surface area contributed by atoms with E-state index in [0.717, 1.165) is 6.07 Å². The van der Waals surface area contributed by atoms with Crippen molar-refractivity contribution in [3.05, 3.63) is 36.3 Å². The molecule has 2 heterocycles. The van der Waals surface area contributed by atoms with Crippen molar-refractivity contribution in [2.24, 2.45) is 0 Å². The lowest BCUT2D eigenvalue weighted by molar-refractivity contribution is -0.141. The van der Waals surface area contributed by atoms with Crippen LogP contribution in [0, 0.1) is 0 Å². The minimum atomic E-state index is -4.43. The average Bonchev–Trinajstić information content (AvgIpc) is 2.81. The summed E-state index contributed by atoms with van der Waals surface area (Å²) in [5, 5.41) is 10.1. The molecule has 0 bridgehead atoms. The SMILES string of the molecule is FC(F)(F)c1cccc(NCCn2ccnn2)n1. The second-order valence-corrected chi connectivity index (χ2v) is 3.50. The normalized spacial score (nSPS) is 11.5.